The number of amidine groups is 1. The maximum Gasteiger partial charge on any atom is 0.195 e. The number of benzene rings is 1. The summed E-state index contributed by atoms with van der Waals surface area (Å²) in [6.07, 6.45) is 0.775. The van der Waals surface area contributed by atoms with Gasteiger partial charge in [-0.25, -0.2) is 9.98 Å². The van der Waals surface area contributed by atoms with Gasteiger partial charge in [-0.3, -0.25) is 0 Å². The molecule has 1 aromatic heterocycles. The monoisotopic (exact) mass is 237 g/mol. The van der Waals surface area contributed by atoms with Crippen LogP contribution in [-0.4, -0.2) is 16.7 Å². The molecular weight excluding hydrogens is 226 g/mol. The molecular formula is C11H12ClN3O. The maximum atomic E-state index is 5.56. The lowest BCUT2D eigenvalue weighted by molar-refractivity contribution is 0.538. The first-order valence-electron chi connectivity index (χ1n) is 5.01. The minimum absolute atomic E-state index is 0.217. The molecule has 0 amide bonds. The molecule has 4 nitrogen and oxygen atoms in total. The Morgan fingerprint density at radius 2 is 2.38 bits per heavy atom. The number of rotatable bonds is 3. The molecule has 1 heterocycles. The van der Waals surface area contributed by atoms with Gasteiger partial charge in [0.15, 0.2) is 11.5 Å². The van der Waals surface area contributed by atoms with E-state index >= 15 is 0 Å². The number of oxazole rings is 1. The van der Waals surface area contributed by atoms with Crippen molar-refractivity contribution in [3.8, 4) is 0 Å². The Bertz CT molecular complexity index is 533. The van der Waals surface area contributed by atoms with Crippen molar-refractivity contribution in [3.05, 3.63) is 24.1 Å². The van der Waals surface area contributed by atoms with Crippen molar-refractivity contribution in [2.75, 3.05) is 5.88 Å². The van der Waals surface area contributed by atoms with Crippen molar-refractivity contribution >= 4 is 34.2 Å². The van der Waals surface area contributed by atoms with E-state index in [1.54, 1.807) is 6.07 Å². The van der Waals surface area contributed by atoms with Crippen LogP contribution in [0.4, 0.5) is 5.69 Å². The molecule has 0 bridgehead atoms. The van der Waals surface area contributed by atoms with Gasteiger partial charge in [-0.1, -0.05) is 6.92 Å². The van der Waals surface area contributed by atoms with Crippen molar-refractivity contribution in [2.45, 2.75) is 13.3 Å². The summed E-state index contributed by atoms with van der Waals surface area (Å²) in [4.78, 5) is 8.44. The van der Waals surface area contributed by atoms with Gasteiger partial charge in [-0.15, -0.1) is 11.6 Å². The number of aliphatic imine (C=N–C) groups is 1. The Labute approximate surface area is 98.1 Å². The molecule has 0 fully saturated rings. The van der Waals surface area contributed by atoms with Gasteiger partial charge >= 0.3 is 0 Å². The fourth-order valence-electron chi connectivity index (χ4n) is 1.38. The highest BCUT2D eigenvalue weighted by Crippen LogP contribution is 2.22. The summed E-state index contributed by atoms with van der Waals surface area (Å²) in [5, 5.41) is 0. The van der Waals surface area contributed by atoms with Crippen LogP contribution < -0.4 is 5.73 Å². The predicted molar refractivity (Wildman–Crippen MR) is 65.4 cm³/mol. The number of nitrogens with zero attached hydrogens (tertiary/aromatic N) is 2. The van der Waals surface area contributed by atoms with Crippen LogP contribution in [0.25, 0.3) is 11.1 Å². The van der Waals surface area contributed by atoms with E-state index in [4.69, 9.17) is 21.8 Å². The van der Waals surface area contributed by atoms with Gasteiger partial charge in [0, 0.05) is 12.5 Å². The van der Waals surface area contributed by atoms with Gasteiger partial charge in [0.1, 0.15) is 11.4 Å². The minimum atomic E-state index is 0.217. The highest BCUT2D eigenvalue weighted by molar-refractivity contribution is 6.28. The number of fused-ring (bicyclic) bond motifs is 1. The molecule has 0 atom stereocenters. The Morgan fingerprint density at radius 1 is 1.56 bits per heavy atom. The number of nitrogens with two attached hydrogens (primary N) is 1. The Morgan fingerprint density at radius 3 is 3.06 bits per heavy atom. The van der Waals surface area contributed by atoms with Crippen LogP contribution >= 0.6 is 11.6 Å². The summed E-state index contributed by atoms with van der Waals surface area (Å²) < 4.78 is 5.52. The van der Waals surface area contributed by atoms with Crippen LogP contribution in [-0.2, 0) is 6.42 Å². The van der Waals surface area contributed by atoms with E-state index in [2.05, 4.69) is 9.98 Å². The average Bonchev–Trinajstić information content (AvgIpc) is 2.71. The molecule has 16 heavy (non-hydrogen) atoms. The van der Waals surface area contributed by atoms with E-state index in [0.29, 0.717) is 5.84 Å². The number of alkyl halides is 1. The number of halogens is 1. The second-order valence-corrected chi connectivity index (χ2v) is 3.62. The van der Waals surface area contributed by atoms with E-state index < -0.39 is 0 Å². The first-order chi connectivity index (χ1) is 7.72. The second-order valence-electron chi connectivity index (χ2n) is 3.35. The Balaban J connectivity index is 2.43. The Hall–Kier alpha value is -1.55. The van der Waals surface area contributed by atoms with Crippen LogP contribution in [0.15, 0.2) is 27.6 Å². The van der Waals surface area contributed by atoms with Crippen molar-refractivity contribution in [1.82, 2.24) is 4.98 Å². The van der Waals surface area contributed by atoms with Gasteiger partial charge < -0.3 is 10.2 Å². The van der Waals surface area contributed by atoms with Crippen LogP contribution in [0.2, 0.25) is 0 Å². The van der Waals surface area contributed by atoms with Crippen molar-refractivity contribution in [2.24, 2.45) is 10.7 Å². The van der Waals surface area contributed by atoms with Gasteiger partial charge in [0.2, 0.25) is 0 Å². The molecule has 0 saturated heterocycles. The lowest BCUT2D eigenvalue weighted by Gasteiger charge is -1.95. The largest absolute Gasteiger partial charge is 0.441 e. The van der Waals surface area contributed by atoms with E-state index in [-0.39, 0.29) is 5.88 Å². The lowest BCUT2D eigenvalue weighted by Crippen LogP contribution is -2.12. The van der Waals surface area contributed by atoms with Gasteiger partial charge in [0.25, 0.3) is 0 Å². The highest BCUT2D eigenvalue weighted by Gasteiger charge is 2.04. The molecule has 2 rings (SSSR count). The molecule has 84 valence electrons. The van der Waals surface area contributed by atoms with Gasteiger partial charge in [0.05, 0.1) is 11.6 Å². The summed E-state index contributed by atoms with van der Waals surface area (Å²) in [6, 6.07) is 5.50. The fourth-order valence-corrected chi connectivity index (χ4v) is 1.44. The van der Waals surface area contributed by atoms with Crippen molar-refractivity contribution in [1.29, 1.82) is 0 Å². The fraction of sp³-hybridized carbons (Fsp3) is 0.273. The molecule has 0 radical (unpaired) electrons. The SMILES string of the molecule is CCc1nc2ccc(N=C(N)CCl)cc2o1. The van der Waals surface area contributed by atoms with Crippen LogP contribution in [0.5, 0.6) is 0 Å². The summed E-state index contributed by atoms with van der Waals surface area (Å²) in [6.45, 7) is 2.00. The zero-order valence-corrected chi connectivity index (χ0v) is 9.66. The smallest absolute Gasteiger partial charge is 0.195 e. The van der Waals surface area contributed by atoms with E-state index in [1.165, 1.54) is 0 Å². The molecule has 0 spiro atoms. The standard InChI is InChI=1S/C11H12ClN3O/c1-2-11-15-8-4-3-7(5-9(8)16-11)14-10(13)6-12/h3-5H,2,6H2,1H3,(H2,13,14). The predicted octanol–water partition coefficient (Wildman–Crippen LogP) is 2.62. The molecule has 0 saturated carbocycles. The summed E-state index contributed by atoms with van der Waals surface area (Å²) in [5.41, 5.74) is 7.83. The quantitative estimate of drug-likeness (QED) is 0.507. The molecule has 0 aliphatic rings. The summed E-state index contributed by atoms with van der Waals surface area (Å²) >= 11 is 5.56. The average molecular weight is 238 g/mol. The van der Waals surface area contributed by atoms with E-state index in [0.717, 1.165) is 29.1 Å². The van der Waals surface area contributed by atoms with E-state index in [9.17, 15) is 0 Å². The van der Waals surface area contributed by atoms with Crippen LogP contribution in [0.1, 0.15) is 12.8 Å². The maximum absolute atomic E-state index is 5.56. The number of aryl methyl sites for hydroxylation is 1. The summed E-state index contributed by atoms with van der Waals surface area (Å²) in [7, 11) is 0. The summed E-state index contributed by atoms with van der Waals surface area (Å²) in [5.74, 6) is 1.33. The van der Waals surface area contributed by atoms with Crippen LogP contribution in [0.3, 0.4) is 0 Å². The minimum Gasteiger partial charge on any atom is -0.441 e. The Kier molecular flexibility index (Phi) is 3.10. The third-order valence-corrected chi connectivity index (χ3v) is 2.40. The molecule has 0 aliphatic heterocycles. The normalized spacial score (nSPS) is 12.2. The topological polar surface area (TPSA) is 64.4 Å². The zero-order valence-electron chi connectivity index (χ0n) is 8.90. The number of hydrogen-bond acceptors (Lipinski definition) is 3. The zero-order chi connectivity index (χ0) is 11.5. The second kappa shape index (κ2) is 4.53. The first-order valence-corrected chi connectivity index (χ1v) is 5.55. The van der Waals surface area contributed by atoms with E-state index in [1.807, 2.05) is 19.1 Å². The lowest BCUT2D eigenvalue weighted by atomic mass is 10.3. The molecule has 2 aromatic rings. The van der Waals surface area contributed by atoms with Gasteiger partial charge in [-0.2, -0.15) is 0 Å². The van der Waals surface area contributed by atoms with Crippen molar-refractivity contribution in [3.63, 3.8) is 0 Å². The third-order valence-electron chi connectivity index (χ3n) is 2.13. The molecule has 0 unspecified atom stereocenters. The molecule has 1 aromatic carbocycles. The number of hydrogen-bond donors (Lipinski definition) is 1. The van der Waals surface area contributed by atoms with Crippen molar-refractivity contribution < 1.29 is 4.42 Å². The molecule has 2 N–H and O–H groups in total. The first kappa shape index (κ1) is 11.0. The van der Waals surface area contributed by atoms with Crippen LogP contribution in [0, 0.1) is 0 Å². The highest BCUT2D eigenvalue weighted by atomic mass is 35.5. The molecule has 5 heteroatoms. The van der Waals surface area contributed by atoms with Gasteiger partial charge in [-0.05, 0) is 12.1 Å². The number of aromatic nitrogens is 1. The third kappa shape index (κ3) is 2.17. The molecule has 0 aliphatic carbocycles.